The number of nitrogens with one attached hydrogen (secondary N) is 2. The third kappa shape index (κ3) is 4.80. The third-order valence-corrected chi connectivity index (χ3v) is 4.02. The number of rotatable bonds is 6. The van der Waals surface area contributed by atoms with Gasteiger partial charge in [-0.25, -0.2) is 0 Å². The van der Waals surface area contributed by atoms with Gasteiger partial charge < -0.3 is 10.6 Å². The summed E-state index contributed by atoms with van der Waals surface area (Å²) in [4.78, 5) is 28.4. The standard InChI is InChI=1S/C18H20ClN3O2/c1-3-12(2)22-18(24)15-8-14(9-20-10-15)17(23)21-11-13-6-4-5-7-16(13)19/h4-10,12H,3,11H2,1-2H3,(H,21,23)(H,22,24). The summed E-state index contributed by atoms with van der Waals surface area (Å²) in [7, 11) is 0. The fraction of sp³-hybridized carbons (Fsp3) is 0.278. The van der Waals surface area contributed by atoms with Gasteiger partial charge in [-0.2, -0.15) is 0 Å². The van der Waals surface area contributed by atoms with Gasteiger partial charge in [-0.3, -0.25) is 14.6 Å². The highest BCUT2D eigenvalue weighted by Gasteiger charge is 2.13. The second kappa shape index (κ2) is 8.45. The maximum Gasteiger partial charge on any atom is 0.253 e. The smallest absolute Gasteiger partial charge is 0.253 e. The van der Waals surface area contributed by atoms with Crippen LogP contribution in [0.3, 0.4) is 0 Å². The molecule has 126 valence electrons. The summed E-state index contributed by atoms with van der Waals surface area (Å²) in [5.74, 6) is -0.543. The van der Waals surface area contributed by atoms with Crippen molar-refractivity contribution in [2.24, 2.45) is 0 Å². The van der Waals surface area contributed by atoms with Crippen LogP contribution in [0.5, 0.6) is 0 Å². The van der Waals surface area contributed by atoms with Crippen molar-refractivity contribution in [1.29, 1.82) is 0 Å². The van der Waals surface area contributed by atoms with Crippen LogP contribution in [0.25, 0.3) is 0 Å². The van der Waals surface area contributed by atoms with Crippen molar-refractivity contribution in [3.05, 3.63) is 64.4 Å². The van der Waals surface area contributed by atoms with E-state index in [1.54, 1.807) is 6.07 Å². The first-order chi connectivity index (χ1) is 11.5. The number of nitrogens with zero attached hydrogens (tertiary/aromatic N) is 1. The van der Waals surface area contributed by atoms with Crippen LogP contribution in [0.1, 0.15) is 46.5 Å². The Balaban J connectivity index is 2.03. The van der Waals surface area contributed by atoms with Crippen molar-refractivity contribution in [3.63, 3.8) is 0 Å². The van der Waals surface area contributed by atoms with Crippen LogP contribution in [0.4, 0.5) is 0 Å². The average Bonchev–Trinajstić information content (AvgIpc) is 2.60. The number of pyridine rings is 1. The summed E-state index contributed by atoms with van der Waals surface area (Å²) >= 11 is 6.07. The number of benzene rings is 1. The Bertz CT molecular complexity index is 734. The van der Waals surface area contributed by atoms with Crippen LogP contribution in [0, 0.1) is 0 Å². The largest absolute Gasteiger partial charge is 0.350 e. The molecule has 1 aromatic heterocycles. The van der Waals surface area contributed by atoms with Crippen LogP contribution in [0.2, 0.25) is 5.02 Å². The first kappa shape index (κ1) is 17.9. The van der Waals surface area contributed by atoms with Crippen molar-refractivity contribution in [2.45, 2.75) is 32.9 Å². The predicted molar refractivity (Wildman–Crippen MR) is 94.1 cm³/mol. The Hall–Kier alpha value is -2.40. The number of hydrogen-bond acceptors (Lipinski definition) is 3. The zero-order valence-corrected chi connectivity index (χ0v) is 14.4. The molecule has 0 aliphatic heterocycles. The molecule has 1 heterocycles. The average molecular weight is 346 g/mol. The molecule has 1 atom stereocenters. The number of carbonyl (C=O) groups is 2. The minimum atomic E-state index is -0.305. The van der Waals surface area contributed by atoms with E-state index >= 15 is 0 Å². The lowest BCUT2D eigenvalue weighted by atomic mass is 10.1. The van der Waals surface area contributed by atoms with Gasteiger partial charge in [-0.1, -0.05) is 36.7 Å². The first-order valence-corrected chi connectivity index (χ1v) is 8.16. The normalized spacial score (nSPS) is 11.6. The fourth-order valence-corrected chi connectivity index (χ4v) is 2.22. The second-order valence-electron chi connectivity index (χ2n) is 5.52. The van der Waals surface area contributed by atoms with Crippen molar-refractivity contribution in [2.75, 3.05) is 0 Å². The zero-order valence-electron chi connectivity index (χ0n) is 13.7. The monoisotopic (exact) mass is 345 g/mol. The molecular formula is C18H20ClN3O2. The molecule has 0 aliphatic carbocycles. The van der Waals surface area contributed by atoms with Gasteiger partial charge >= 0.3 is 0 Å². The molecule has 2 N–H and O–H groups in total. The molecule has 1 unspecified atom stereocenters. The summed E-state index contributed by atoms with van der Waals surface area (Å²) < 4.78 is 0. The van der Waals surface area contributed by atoms with Crippen LogP contribution in [0.15, 0.2) is 42.7 Å². The van der Waals surface area contributed by atoms with E-state index in [0.717, 1.165) is 12.0 Å². The molecule has 0 saturated heterocycles. The predicted octanol–water partition coefficient (Wildman–Crippen LogP) is 3.19. The van der Waals surface area contributed by atoms with Gasteiger partial charge in [-0.15, -0.1) is 0 Å². The molecule has 0 saturated carbocycles. The lowest BCUT2D eigenvalue weighted by Gasteiger charge is -2.12. The van der Waals surface area contributed by atoms with E-state index in [1.807, 2.05) is 32.0 Å². The zero-order chi connectivity index (χ0) is 17.5. The summed E-state index contributed by atoms with van der Waals surface area (Å²) in [6, 6.07) is 8.90. The van der Waals surface area contributed by atoms with Crippen molar-refractivity contribution in [3.8, 4) is 0 Å². The van der Waals surface area contributed by atoms with Crippen LogP contribution < -0.4 is 10.6 Å². The maximum atomic E-state index is 12.3. The molecule has 2 amide bonds. The molecule has 2 rings (SSSR count). The van der Waals surface area contributed by atoms with E-state index in [4.69, 9.17) is 11.6 Å². The molecular weight excluding hydrogens is 326 g/mol. The summed E-state index contributed by atoms with van der Waals surface area (Å²) in [6.45, 7) is 4.22. The number of hydrogen-bond donors (Lipinski definition) is 2. The third-order valence-electron chi connectivity index (χ3n) is 3.65. The summed E-state index contributed by atoms with van der Waals surface area (Å²) in [5.41, 5.74) is 1.52. The molecule has 24 heavy (non-hydrogen) atoms. The van der Waals surface area contributed by atoms with Crippen molar-refractivity contribution < 1.29 is 9.59 Å². The highest BCUT2D eigenvalue weighted by Crippen LogP contribution is 2.14. The fourth-order valence-electron chi connectivity index (χ4n) is 2.02. The first-order valence-electron chi connectivity index (χ1n) is 7.78. The second-order valence-corrected chi connectivity index (χ2v) is 5.93. The highest BCUT2D eigenvalue weighted by atomic mass is 35.5. The Morgan fingerprint density at radius 3 is 2.50 bits per heavy atom. The minimum Gasteiger partial charge on any atom is -0.350 e. The highest BCUT2D eigenvalue weighted by molar-refractivity contribution is 6.31. The number of amides is 2. The Labute approximate surface area is 146 Å². The Morgan fingerprint density at radius 2 is 1.83 bits per heavy atom. The molecule has 6 heteroatoms. The topological polar surface area (TPSA) is 71.1 Å². The number of carbonyl (C=O) groups excluding carboxylic acids is 2. The van der Waals surface area contributed by atoms with E-state index in [0.29, 0.717) is 22.7 Å². The van der Waals surface area contributed by atoms with Crippen molar-refractivity contribution in [1.82, 2.24) is 15.6 Å². The molecule has 1 aromatic carbocycles. The van der Waals surface area contributed by atoms with Gasteiger partial charge in [0.05, 0.1) is 11.1 Å². The number of halogens is 1. The Kier molecular flexibility index (Phi) is 6.32. The molecule has 0 radical (unpaired) electrons. The van der Waals surface area contributed by atoms with E-state index < -0.39 is 0 Å². The minimum absolute atomic E-state index is 0.0650. The maximum absolute atomic E-state index is 12.3. The SMILES string of the molecule is CCC(C)NC(=O)c1cncc(C(=O)NCc2ccccc2Cl)c1. The van der Waals surface area contributed by atoms with E-state index in [9.17, 15) is 9.59 Å². The number of aromatic nitrogens is 1. The summed E-state index contributed by atoms with van der Waals surface area (Å²) in [6.07, 6.45) is 3.71. The lowest BCUT2D eigenvalue weighted by Crippen LogP contribution is -2.32. The van der Waals surface area contributed by atoms with Crippen molar-refractivity contribution >= 4 is 23.4 Å². The van der Waals surface area contributed by atoms with Crippen LogP contribution in [-0.4, -0.2) is 22.8 Å². The van der Waals surface area contributed by atoms with E-state index in [1.165, 1.54) is 18.5 Å². The molecule has 0 aliphatic rings. The lowest BCUT2D eigenvalue weighted by molar-refractivity contribution is 0.0939. The molecule has 0 bridgehead atoms. The Morgan fingerprint density at radius 1 is 1.17 bits per heavy atom. The molecule has 2 aromatic rings. The molecule has 5 nitrogen and oxygen atoms in total. The summed E-state index contributed by atoms with van der Waals surface area (Å²) in [5, 5.41) is 6.22. The van der Waals surface area contributed by atoms with Gasteiger partial charge in [0.15, 0.2) is 0 Å². The van der Waals surface area contributed by atoms with Crippen LogP contribution in [-0.2, 0) is 6.54 Å². The van der Waals surface area contributed by atoms with Gasteiger partial charge in [0.25, 0.3) is 11.8 Å². The molecule has 0 spiro atoms. The van der Waals surface area contributed by atoms with Gasteiger partial charge in [0, 0.05) is 30.0 Å². The van der Waals surface area contributed by atoms with Crippen LogP contribution >= 0.6 is 11.6 Å². The van der Waals surface area contributed by atoms with Gasteiger partial charge in [-0.05, 0) is 31.0 Å². The van der Waals surface area contributed by atoms with Gasteiger partial charge in [0.1, 0.15) is 0 Å². The quantitative estimate of drug-likeness (QED) is 0.844. The van der Waals surface area contributed by atoms with E-state index in [-0.39, 0.29) is 17.9 Å². The van der Waals surface area contributed by atoms with E-state index in [2.05, 4.69) is 15.6 Å². The molecule has 0 fully saturated rings. The van der Waals surface area contributed by atoms with Gasteiger partial charge in [0.2, 0.25) is 0 Å².